The van der Waals surface area contributed by atoms with E-state index in [4.69, 9.17) is 0 Å². The van der Waals surface area contributed by atoms with Gasteiger partial charge in [-0.05, 0) is 18.9 Å². The highest BCUT2D eigenvalue weighted by atomic mass is 16.2. The van der Waals surface area contributed by atoms with Crippen molar-refractivity contribution in [3.8, 4) is 0 Å². The van der Waals surface area contributed by atoms with Gasteiger partial charge in [0, 0.05) is 18.5 Å². The average molecular weight is 154 g/mol. The van der Waals surface area contributed by atoms with Crippen LogP contribution in [0.5, 0.6) is 0 Å². The molecule has 2 aliphatic rings. The van der Waals surface area contributed by atoms with E-state index in [1.54, 1.807) is 0 Å². The highest BCUT2D eigenvalue weighted by Crippen LogP contribution is 2.20. The molecule has 2 saturated heterocycles. The molecule has 3 heteroatoms. The lowest BCUT2D eigenvalue weighted by molar-refractivity contribution is -0.119. The number of carbonyl (C=O) groups excluding carboxylic acids is 1. The largest absolute Gasteiger partial charge is 0.352 e. The first kappa shape index (κ1) is 7.10. The second-order valence-corrected chi connectivity index (χ2v) is 3.73. The highest BCUT2D eigenvalue weighted by Gasteiger charge is 2.35. The number of hydrogen-bond donors (Lipinski definition) is 2. The minimum Gasteiger partial charge on any atom is -0.352 e. The fraction of sp³-hybridized carbons (Fsp3) is 0.875. The molecule has 62 valence electrons. The Kier molecular flexibility index (Phi) is 1.60. The average Bonchev–Trinajstić information content (AvgIpc) is 2.27. The van der Waals surface area contributed by atoms with Crippen LogP contribution in [0, 0.1) is 5.92 Å². The van der Waals surface area contributed by atoms with E-state index in [-0.39, 0.29) is 5.91 Å². The van der Waals surface area contributed by atoms with Gasteiger partial charge >= 0.3 is 0 Å². The third-order valence-electron chi connectivity index (χ3n) is 2.62. The van der Waals surface area contributed by atoms with Crippen LogP contribution in [0.25, 0.3) is 0 Å². The number of piperidine rings is 1. The summed E-state index contributed by atoms with van der Waals surface area (Å²) in [4.78, 5) is 11.0. The van der Waals surface area contributed by atoms with Crippen molar-refractivity contribution in [1.29, 1.82) is 0 Å². The zero-order valence-corrected chi connectivity index (χ0v) is 6.76. The van der Waals surface area contributed by atoms with E-state index in [9.17, 15) is 4.79 Å². The second kappa shape index (κ2) is 2.48. The molecule has 2 aliphatic heterocycles. The van der Waals surface area contributed by atoms with E-state index in [0.717, 1.165) is 13.0 Å². The molecule has 0 aromatic carbocycles. The van der Waals surface area contributed by atoms with Crippen molar-refractivity contribution in [3.05, 3.63) is 0 Å². The monoisotopic (exact) mass is 154 g/mol. The van der Waals surface area contributed by atoms with Crippen molar-refractivity contribution in [2.75, 3.05) is 6.54 Å². The lowest BCUT2D eigenvalue weighted by Gasteiger charge is -2.29. The molecule has 3 atom stereocenters. The van der Waals surface area contributed by atoms with Crippen LogP contribution < -0.4 is 10.6 Å². The molecular formula is C8H14N2O. The normalized spacial score (nSPS) is 43.4. The summed E-state index contributed by atoms with van der Waals surface area (Å²) in [5.74, 6) is 0.913. The maximum absolute atomic E-state index is 11.0. The van der Waals surface area contributed by atoms with Gasteiger partial charge < -0.3 is 10.6 Å². The van der Waals surface area contributed by atoms with Crippen LogP contribution in [0.2, 0.25) is 0 Å². The molecule has 0 bridgehead atoms. The van der Waals surface area contributed by atoms with Crippen molar-refractivity contribution in [3.63, 3.8) is 0 Å². The first-order valence-electron chi connectivity index (χ1n) is 4.28. The van der Waals surface area contributed by atoms with Crippen molar-refractivity contribution < 1.29 is 4.79 Å². The van der Waals surface area contributed by atoms with E-state index in [1.165, 1.54) is 0 Å². The minimum atomic E-state index is 0.210. The van der Waals surface area contributed by atoms with Gasteiger partial charge in [-0.2, -0.15) is 0 Å². The molecule has 0 aliphatic carbocycles. The SMILES string of the molecule is CC1CNC2CC(=O)NC2C1. The summed E-state index contributed by atoms with van der Waals surface area (Å²) < 4.78 is 0. The van der Waals surface area contributed by atoms with Crippen LogP contribution in [-0.4, -0.2) is 24.5 Å². The molecular weight excluding hydrogens is 140 g/mol. The molecule has 2 heterocycles. The molecule has 0 radical (unpaired) electrons. The van der Waals surface area contributed by atoms with Gasteiger partial charge in [0.05, 0.1) is 0 Å². The van der Waals surface area contributed by atoms with Gasteiger partial charge in [0.15, 0.2) is 0 Å². The van der Waals surface area contributed by atoms with Crippen LogP contribution in [-0.2, 0) is 4.79 Å². The minimum absolute atomic E-state index is 0.210. The van der Waals surface area contributed by atoms with Gasteiger partial charge in [-0.3, -0.25) is 4.79 Å². The molecule has 2 fully saturated rings. The van der Waals surface area contributed by atoms with Crippen LogP contribution in [0.1, 0.15) is 19.8 Å². The molecule has 0 aromatic rings. The number of fused-ring (bicyclic) bond motifs is 1. The summed E-state index contributed by atoms with van der Waals surface area (Å²) in [6.45, 7) is 3.28. The number of carbonyl (C=O) groups is 1. The summed E-state index contributed by atoms with van der Waals surface area (Å²) in [6.07, 6.45) is 1.82. The first-order valence-corrected chi connectivity index (χ1v) is 4.28. The molecule has 3 unspecified atom stereocenters. The van der Waals surface area contributed by atoms with E-state index in [2.05, 4.69) is 17.6 Å². The van der Waals surface area contributed by atoms with E-state index in [1.807, 2.05) is 0 Å². The zero-order chi connectivity index (χ0) is 7.84. The number of hydrogen-bond acceptors (Lipinski definition) is 2. The number of nitrogens with one attached hydrogen (secondary N) is 2. The Labute approximate surface area is 66.5 Å². The van der Waals surface area contributed by atoms with E-state index >= 15 is 0 Å². The molecule has 1 amide bonds. The quantitative estimate of drug-likeness (QED) is 0.510. The topological polar surface area (TPSA) is 41.1 Å². The maximum Gasteiger partial charge on any atom is 0.221 e. The molecule has 0 saturated carbocycles. The number of rotatable bonds is 0. The fourth-order valence-electron chi connectivity index (χ4n) is 2.02. The Balaban J connectivity index is 2.02. The Bertz CT molecular complexity index is 181. The Morgan fingerprint density at radius 3 is 3.09 bits per heavy atom. The van der Waals surface area contributed by atoms with Crippen LogP contribution >= 0.6 is 0 Å². The van der Waals surface area contributed by atoms with Gasteiger partial charge in [0.2, 0.25) is 5.91 Å². The molecule has 0 aromatic heterocycles. The fourth-order valence-corrected chi connectivity index (χ4v) is 2.02. The predicted molar refractivity (Wildman–Crippen MR) is 42.1 cm³/mol. The van der Waals surface area contributed by atoms with Gasteiger partial charge in [0.25, 0.3) is 0 Å². The zero-order valence-electron chi connectivity index (χ0n) is 6.76. The van der Waals surface area contributed by atoms with Crippen LogP contribution in [0.3, 0.4) is 0 Å². The van der Waals surface area contributed by atoms with Crippen molar-refractivity contribution in [1.82, 2.24) is 10.6 Å². The molecule has 11 heavy (non-hydrogen) atoms. The summed E-state index contributed by atoms with van der Waals surface area (Å²) in [7, 11) is 0. The predicted octanol–water partition coefficient (Wildman–Crippen LogP) is -0.127. The van der Waals surface area contributed by atoms with Gasteiger partial charge in [-0.25, -0.2) is 0 Å². The Morgan fingerprint density at radius 1 is 1.45 bits per heavy atom. The summed E-state index contributed by atoms with van der Waals surface area (Å²) in [5.41, 5.74) is 0. The van der Waals surface area contributed by atoms with Crippen LogP contribution in [0.15, 0.2) is 0 Å². The summed E-state index contributed by atoms with van der Waals surface area (Å²) in [6, 6.07) is 0.824. The van der Waals surface area contributed by atoms with Gasteiger partial charge in [-0.15, -0.1) is 0 Å². The van der Waals surface area contributed by atoms with Crippen LogP contribution in [0.4, 0.5) is 0 Å². The third kappa shape index (κ3) is 1.25. The molecule has 2 rings (SSSR count). The van der Waals surface area contributed by atoms with Gasteiger partial charge in [0.1, 0.15) is 0 Å². The van der Waals surface area contributed by atoms with E-state index < -0.39 is 0 Å². The smallest absolute Gasteiger partial charge is 0.221 e. The molecule has 0 spiro atoms. The first-order chi connectivity index (χ1) is 5.25. The molecule has 2 N–H and O–H groups in total. The lowest BCUT2D eigenvalue weighted by Crippen LogP contribution is -2.48. The standard InChI is InChI=1S/C8H14N2O/c1-5-2-7-6(9-4-5)3-8(11)10-7/h5-7,9H,2-4H2,1H3,(H,10,11). The third-order valence-corrected chi connectivity index (χ3v) is 2.62. The maximum atomic E-state index is 11.0. The highest BCUT2D eigenvalue weighted by molar-refractivity contribution is 5.79. The second-order valence-electron chi connectivity index (χ2n) is 3.73. The molecule has 3 nitrogen and oxygen atoms in total. The summed E-state index contributed by atoms with van der Waals surface area (Å²) >= 11 is 0. The van der Waals surface area contributed by atoms with E-state index in [0.29, 0.717) is 24.4 Å². The number of amides is 1. The Hall–Kier alpha value is -0.570. The van der Waals surface area contributed by atoms with Gasteiger partial charge in [-0.1, -0.05) is 6.92 Å². The summed E-state index contributed by atoms with van der Waals surface area (Å²) in [5, 5.41) is 6.36. The van der Waals surface area contributed by atoms with Crippen molar-refractivity contribution in [2.24, 2.45) is 5.92 Å². The Morgan fingerprint density at radius 2 is 2.27 bits per heavy atom. The van der Waals surface area contributed by atoms with Crippen molar-refractivity contribution in [2.45, 2.75) is 31.8 Å². The lowest BCUT2D eigenvalue weighted by atomic mass is 9.93. The van der Waals surface area contributed by atoms with Crippen molar-refractivity contribution >= 4 is 5.91 Å².